The standard InChI is InChI=1S/C33H29Cl5N6O3/c1-7-21(45)43-16(5)12-42(13-17(43)6)30-18-10-20(34)28(22-23(35)24(36)25(37)26(38)31(22)46)41-32(18)44(33(47)19(30)11-39)29-15(4)8-9-40-27(29)14(2)3/h7-10,14,16-17,46H,1,12-13H2,2-6H3/t16-,17+. The fraction of sp³-hybridized carbons (Fsp3) is 0.303. The molecule has 14 heteroatoms. The van der Waals surface area contributed by atoms with Crippen LogP contribution in [0.1, 0.15) is 50.4 Å². The Hall–Kier alpha value is -3.52. The maximum atomic E-state index is 14.6. The largest absolute Gasteiger partial charge is 0.506 e. The third-order valence-electron chi connectivity index (χ3n) is 8.26. The number of carbonyl (C=O) groups excluding carboxylic acids is 1. The van der Waals surface area contributed by atoms with Crippen molar-refractivity contribution in [2.24, 2.45) is 0 Å². The van der Waals surface area contributed by atoms with Crippen molar-refractivity contribution in [1.82, 2.24) is 19.4 Å². The fourth-order valence-corrected chi connectivity index (χ4v) is 7.42. The van der Waals surface area contributed by atoms with Crippen LogP contribution in [0.5, 0.6) is 5.75 Å². The molecule has 1 N–H and O–H groups in total. The van der Waals surface area contributed by atoms with E-state index >= 15 is 0 Å². The maximum Gasteiger partial charge on any atom is 0.276 e. The van der Waals surface area contributed by atoms with Gasteiger partial charge in [0.2, 0.25) is 5.91 Å². The van der Waals surface area contributed by atoms with Gasteiger partial charge in [-0.05, 0) is 50.5 Å². The number of hydrogen-bond donors (Lipinski definition) is 1. The molecule has 1 amide bonds. The number of nitrogens with zero attached hydrogens (tertiary/aromatic N) is 6. The minimum absolute atomic E-state index is 0.0213. The molecule has 1 aromatic carbocycles. The van der Waals surface area contributed by atoms with E-state index in [1.807, 2.05) is 39.5 Å². The van der Waals surface area contributed by atoms with E-state index in [-0.39, 0.29) is 71.5 Å². The summed E-state index contributed by atoms with van der Waals surface area (Å²) in [5.41, 5.74) is 1.29. The Balaban J connectivity index is 1.95. The summed E-state index contributed by atoms with van der Waals surface area (Å²) in [5.74, 6) is -0.841. The molecular weight excluding hydrogens is 706 g/mol. The van der Waals surface area contributed by atoms with E-state index in [1.54, 1.807) is 23.2 Å². The van der Waals surface area contributed by atoms with Crippen LogP contribution in [0.4, 0.5) is 5.69 Å². The molecule has 4 heterocycles. The van der Waals surface area contributed by atoms with Crippen LogP contribution in [0.15, 0.2) is 35.8 Å². The number of aromatic hydroxyl groups is 1. The summed E-state index contributed by atoms with van der Waals surface area (Å²) in [6, 6.07) is 4.88. The van der Waals surface area contributed by atoms with Crippen LogP contribution >= 0.6 is 58.0 Å². The summed E-state index contributed by atoms with van der Waals surface area (Å²) in [6.07, 6.45) is 2.92. The number of carbonyl (C=O) groups is 1. The number of amides is 1. The molecule has 0 spiro atoms. The van der Waals surface area contributed by atoms with Gasteiger partial charge in [0.25, 0.3) is 5.56 Å². The van der Waals surface area contributed by atoms with Gasteiger partial charge >= 0.3 is 0 Å². The topological polar surface area (TPSA) is 115 Å². The number of phenols is 1. The molecular formula is C33H29Cl5N6O3. The zero-order valence-electron chi connectivity index (χ0n) is 26.0. The molecule has 0 saturated carbocycles. The Bertz CT molecular complexity index is 2050. The predicted octanol–water partition coefficient (Wildman–Crippen LogP) is 8.34. The molecule has 5 rings (SSSR count). The lowest BCUT2D eigenvalue weighted by atomic mass is 10.0. The van der Waals surface area contributed by atoms with Gasteiger partial charge in [0.05, 0.1) is 48.4 Å². The lowest BCUT2D eigenvalue weighted by Crippen LogP contribution is -2.58. The van der Waals surface area contributed by atoms with Crippen LogP contribution in [0, 0.1) is 18.3 Å². The zero-order valence-corrected chi connectivity index (χ0v) is 29.8. The van der Waals surface area contributed by atoms with Gasteiger partial charge in [-0.3, -0.25) is 19.1 Å². The van der Waals surface area contributed by atoms with Crippen LogP contribution in [-0.4, -0.2) is 55.6 Å². The number of hydrogen-bond acceptors (Lipinski definition) is 7. The lowest BCUT2D eigenvalue weighted by Gasteiger charge is -2.45. The zero-order chi connectivity index (χ0) is 34.6. The van der Waals surface area contributed by atoms with Crippen LogP contribution in [-0.2, 0) is 4.79 Å². The Morgan fingerprint density at radius 3 is 2.28 bits per heavy atom. The SMILES string of the molecule is C=CC(=O)N1[C@H](C)CN(c2c(C#N)c(=O)n(-c3c(C)ccnc3C(C)C)c3nc(-c4c(O)c(Cl)c(Cl)c(Cl)c4Cl)c(Cl)cc23)C[C@@H]1C. The van der Waals surface area contributed by atoms with Crippen molar-refractivity contribution in [3.05, 3.63) is 83.3 Å². The minimum Gasteiger partial charge on any atom is -0.506 e. The molecule has 1 aliphatic rings. The number of benzene rings is 1. The van der Waals surface area contributed by atoms with E-state index in [1.165, 1.54) is 10.6 Å². The van der Waals surface area contributed by atoms with Gasteiger partial charge in [0, 0.05) is 36.8 Å². The molecule has 2 atom stereocenters. The van der Waals surface area contributed by atoms with Gasteiger partial charge in [-0.25, -0.2) is 4.98 Å². The molecule has 1 aliphatic heterocycles. The van der Waals surface area contributed by atoms with Gasteiger partial charge < -0.3 is 14.9 Å². The molecule has 1 fully saturated rings. The molecule has 0 bridgehead atoms. The van der Waals surface area contributed by atoms with Crippen molar-refractivity contribution in [3.8, 4) is 28.8 Å². The average Bonchev–Trinajstić information content (AvgIpc) is 3.02. The highest BCUT2D eigenvalue weighted by atomic mass is 35.5. The van der Waals surface area contributed by atoms with Gasteiger partial charge in [-0.15, -0.1) is 0 Å². The number of anilines is 1. The first-order valence-electron chi connectivity index (χ1n) is 14.6. The first kappa shape index (κ1) is 34.8. The summed E-state index contributed by atoms with van der Waals surface area (Å²) in [7, 11) is 0. The quantitative estimate of drug-likeness (QED) is 0.125. The summed E-state index contributed by atoms with van der Waals surface area (Å²) < 4.78 is 1.35. The highest BCUT2D eigenvalue weighted by Gasteiger charge is 2.36. The third kappa shape index (κ3) is 5.70. The summed E-state index contributed by atoms with van der Waals surface area (Å²) in [4.78, 5) is 40.3. The van der Waals surface area contributed by atoms with Gasteiger partial charge in [-0.1, -0.05) is 78.4 Å². The third-order valence-corrected chi connectivity index (χ3v) is 10.3. The molecule has 0 unspecified atom stereocenters. The summed E-state index contributed by atoms with van der Waals surface area (Å²) in [5, 5.41) is 21.4. The minimum atomic E-state index is -0.638. The Kier molecular flexibility index (Phi) is 9.76. The van der Waals surface area contributed by atoms with Crippen LogP contribution < -0.4 is 10.5 Å². The number of pyridine rings is 3. The number of aromatic nitrogens is 3. The number of rotatable bonds is 5. The van der Waals surface area contributed by atoms with E-state index in [4.69, 9.17) is 63.0 Å². The van der Waals surface area contributed by atoms with E-state index in [2.05, 4.69) is 17.6 Å². The van der Waals surface area contributed by atoms with Crippen molar-refractivity contribution in [3.63, 3.8) is 0 Å². The van der Waals surface area contributed by atoms with Crippen molar-refractivity contribution in [2.75, 3.05) is 18.0 Å². The number of phenolic OH excluding ortho intramolecular Hbond substituents is 1. The van der Waals surface area contributed by atoms with Crippen molar-refractivity contribution in [2.45, 2.75) is 52.6 Å². The van der Waals surface area contributed by atoms with Gasteiger partial charge in [0.15, 0.2) is 0 Å². The number of aryl methyl sites for hydroxylation is 1. The highest BCUT2D eigenvalue weighted by molar-refractivity contribution is 6.53. The van der Waals surface area contributed by atoms with E-state index in [9.17, 15) is 20.0 Å². The smallest absolute Gasteiger partial charge is 0.276 e. The molecule has 0 aliphatic carbocycles. The average molecular weight is 735 g/mol. The lowest BCUT2D eigenvalue weighted by molar-refractivity contribution is -0.130. The fourth-order valence-electron chi connectivity index (χ4n) is 6.25. The maximum absolute atomic E-state index is 14.6. The molecule has 9 nitrogen and oxygen atoms in total. The van der Waals surface area contributed by atoms with Crippen LogP contribution in [0.3, 0.4) is 0 Å². The Morgan fingerprint density at radius 1 is 1.09 bits per heavy atom. The number of piperazine rings is 1. The molecule has 1 saturated heterocycles. The molecule has 47 heavy (non-hydrogen) atoms. The second-order valence-electron chi connectivity index (χ2n) is 11.7. The monoisotopic (exact) mass is 732 g/mol. The van der Waals surface area contributed by atoms with E-state index in [0.717, 1.165) is 0 Å². The normalized spacial score (nSPS) is 16.6. The number of fused-ring (bicyclic) bond motifs is 1. The Labute approximate surface area is 296 Å². The molecule has 244 valence electrons. The van der Waals surface area contributed by atoms with E-state index < -0.39 is 11.3 Å². The van der Waals surface area contributed by atoms with Crippen LogP contribution in [0.2, 0.25) is 25.1 Å². The second-order valence-corrected chi connectivity index (χ2v) is 13.6. The number of nitriles is 1. The van der Waals surface area contributed by atoms with Crippen molar-refractivity contribution < 1.29 is 9.90 Å². The summed E-state index contributed by atoms with van der Waals surface area (Å²) in [6.45, 7) is 13.7. The summed E-state index contributed by atoms with van der Waals surface area (Å²) >= 11 is 32.4. The first-order valence-corrected chi connectivity index (χ1v) is 16.4. The van der Waals surface area contributed by atoms with Crippen molar-refractivity contribution >= 4 is 80.6 Å². The molecule has 4 aromatic rings. The Morgan fingerprint density at radius 2 is 1.70 bits per heavy atom. The highest BCUT2D eigenvalue weighted by Crippen LogP contribution is 2.51. The number of halogens is 5. The predicted molar refractivity (Wildman–Crippen MR) is 189 cm³/mol. The van der Waals surface area contributed by atoms with Gasteiger partial charge in [-0.2, -0.15) is 5.26 Å². The van der Waals surface area contributed by atoms with E-state index in [0.29, 0.717) is 41.1 Å². The van der Waals surface area contributed by atoms with Crippen molar-refractivity contribution in [1.29, 1.82) is 5.26 Å². The molecule has 0 radical (unpaired) electrons. The molecule has 3 aromatic heterocycles. The second kappa shape index (κ2) is 13.2. The first-order chi connectivity index (χ1) is 22.2. The van der Waals surface area contributed by atoms with Gasteiger partial charge in [0.1, 0.15) is 28.1 Å². The van der Waals surface area contributed by atoms with Crippen LogP contribution in [0.25, 0.3) is 28.0 Å².